The Hall–Kier alpha value is -1.46. The van der Waals surface area contributed by atoms with E-state index < -0.39 is 24.5 Å². The maximum absolute atomic E-state index is 10.9. The van der Waals surface area contributed by atoms with Gasteiger partial charge in [0.1, 0.15) is 12.7 Å². The van der Waals surface area contributed by atoms with E-state index in [0.29, 0.717) is 0 Å². The van der Waals surface area contributed by atoms with Gasteiger partial charge >= 0.3 is 12.3 Å². The van der Waals surface area contributed by atoms with Crippen LogP contribution < -0.4 is 0 Å². The minimum atomic E-state index is -0.775. The number of hydrogen-bond acceptors (Lipinski definition) is 6. The molecule has 0 aliphatic carbocycles. The zero-order valence-electron chi connectivity index (χ0n) is 8.02. The van der Waals surface area contributed by atoms with E-state index in [2.05, 4.69) is 9.47 Å². The van der Waals surface area contributed by atoms with Gasteiger partial charge in [-0.05, 0) is 13.8 Å². The van der Waals surface area contributed by atoms with Crippen LogP contribution in [0.2, 0.25) is 0 Å². The average Bonchev–Trinajstić information content (AvgIpc) is 2.52. The highest BCUT2D eigenvalue weighted by atomic mass is 16.8. The molecular formula is C8H12O6. The number of carbonyl (C=O) groups excluding carboxylic acids is 2. The second kappa shape index (κ2) is 4.69. The summed E-state index contributed by atoms with van der Waals surface area (Å²) in [6.45, 7) is 3.61. The predicted octanol–water partition coefficient (Wildman–Crippen LogP) is 1.08. The second-order valence-electron chi connectivity index (χ2n) is 2.72. The minimum Gasteiger partial charge on any atom is -0.435 e. The summed E-state index contributed by atoms with van der Waals surface area (Å²) in [5.74, 6) is 0. The summed E-state index contributed by atoms with van der Waals surface area (Å²) in [6.07, 6.45) is -2.63. The Morgan fingerprint density at radius 1 is 1.71 bits per heavy atom. The first-order valence-corrected chi connectivity index (χ1v) is 4.30. The lowest BCUT2D eigenvalue weighted by molar-refractivity contribution is -0.0135. The van der Waals surface area contributed by atoms with Crippen molar-refractivity contribution in [3.63, 3.8) is 0 Å². The Labute approximate surface area is 81.1 Å². The molecule has 0 bridgehead atoms. The van der Waals surface area contributed by atoms with E-state index in [1.807, 2.05) is 0 Å². The van der Waals surface area contributed by atoms with Gasteiger partial charge in [0.05, 0.1) is 6.61 Å². The van der Waals surface area contributed by atoms with Gasteiger partial charge in [-0.25, -0.2) is 9.59 Å². The van der Waals surface area contributed by atoms with Gasteiger partial charge < -0.3 is 18.9 Å². The van der Waals surface area contributed by atoms with Crippen LogP contribution in [0.1, 0.15) is 13.8 Å². The van der Waals surface area contributed by atoms with Crippen LogP contribution in [-0.4, -0.2) is 37.7 Å². The number of ether oxygens (including phenoxy) is 4. The first-order chi connectivity index (χ1) is 6.63. The van der Waals surface area contributed by atoms with E-state index in [0.717, 1.165) is 0 Å². The average molecular weight is 204 g/mol. The summed E-state index contributed by atoms with van der Waals surface area (Å²) >= 11 is 0. The molecule has 0 radical (unpaired) electrons. The molecule has 0 spiro atoms. The first-order valence-electron chi connectivity index (χ1n) is 4.30. The lowest BCUT2D eigenvalue weighted by atomic mass is 10.2. The Morgan fingerprint density at radius 3 is 2.93 bits per heavy atom. The molecule has 1 fully saturated rings. The summed E-state index contributed by atoms with van der Waals surface area (Å²) in [7, 11) is 0. The molecular weight excluding hydrogens is 192 g/mol. The maximum Gasteiger partial charge on any atom is 0.508 e. The van der Waals surface area contributed by atoms with Gasteiger partial charge in [0.25, 0.3) is 0 Å². The van der Waals surface area contributed by atoms with Crippen LogP contribution in [0.15, 0.2) is 0 Å². The zero-order chi connectivity index (χ0) is 10.6. The van der Waals surface area contributed by atoms with Crippen LogP contribution in [0.4, 0.5) is 9.59 Å². The van der Waals surface area contributed by atoms with E-state index in [4.69, 9.17) is 9.47 Å². The van der Waals surface area contributed by atoms with E-state index in [1.54, 1.807) is 13.8 Å². The Kier molecular flexibility index (Phi) is 3.55. The van der Waals surface area contributed by atoms with E-state index in [1.165, 1.54) is 0 Å². The largest absolute Gasteiger partial charge is 0.508 e. The van der Waals surface area contributed by atoms with Crippen LogP contribution >= 0.6 is 0 Å². The highest BCUT2D eigenvalue weighted by Crippen LogP contribution is 2.13. The van der Waals surface area contributed by atoms with Crippen molar-refractivity contribution in [2.75, 3.05) is 13.2 Å². The predicted molar refractivity (Wildman–Crippen MR) is 43.8 cm³/mol. The third-order valence-corrected chi connectivity index (χ3v) is 1.68. The standard InChI is InChI=1S/C8H12O6/c1-3-11-7(9)13-5(2)6-4-12-8(10)14-6/h5-6H,3-4H2,1-2H3. The molecule has 0 aromatic rings. The molecule has 0 amide bonds. The number of carbonyl (C=O) groups is 2. The van der Waals surface area contributed by atoms with Crippen molar-refractivity contribution >= 4 is 12.3 Å². The summed E-state index contributed by atoms with van der Waals surface area (Å²) in [5.41, 5.74) is 0. The van der Waals surface area contributed by atoms with Crippen molar-refractivity contribution in [1.82, 2.24) is 0 Å². The molecule has 0 saturated carbocycles. The third kappa shape index (κ3) is 2.79. The Morgan fingerprint density at radius 2 is 2.43 bits per heavy atom. The molecule has 0 N–H and O–H groups in total. The molecule has 2 unspecified atom stereocenters. The van der Waals surface area contributed by atoms with E-state index in [-0.39, 0.29) is 13.2 Å². The lowest BCUT2D eigenvalue weighted by Crippen LogP contribution is -2.30. The Balaban J connectivity index is 2.31. The smallest absolute Gasteiger partial charge is 0.435 e. The molecule has 1 saturated heterocycles. The van der Waals surface area contributed by atoms with Gasteiger partial charge in [-0.3, -0.25) is 0 Å². The summed E-state index contributed by atoms with van der Waals surface area (Å²) < 4.78 is 18.6. The monoisotopic (exact) mass is 204 g/mol. The Bertz CT molecular complexity index is 226. The summed E-state index contributed by atoms with van der Waals surface area (Å²) in [5, 5.41) is 0. The lowest BCUT2D eigenvalue weighted by Gasteiger charge is -2.15. The molecule has 1 rings (SSSR count). The second-order valence-corrected chi connectivity index (χ2v) is 2.72. The fourth-order valence-corrected chi connectivity index (χ4v) is 0.953. The molecule has 1 heterocycles. The highest BCUT2D eigenvalue weighted by molar-refractivity contribution is 5.62. The SMILES string of the molecule is CCOC(=O)OC(C)C1COC(=O)O1. The van der Waals surface area contributed by atoms with Gasteiger partial charge in [-0.2, -0.15) is 0 Å². The van der Waals surface area contributed by atoms with Crippen molar-refractivity contribution in [1.29, 1.82) is 0 Å². The van der Waals surface area contributed by atoms with E-state index in [9.17, 15) is 9.59 Å². The number of cyclic esters (lactones) is 2. The summed E-state index contributed by atoms with van der Waals surface area (Å²) in [6, 6.07) is 0. The molecule has 2 atom stereocenters. The topological polar surface area (TPSA) is 71.1 Å². The van der Waals surface area contributed by atoms with Crippen LogP contribution in [0.5, 0.6) is 0 Å². The molecule has 80 valence electrons. The maximum atomic E-state index is 10.9. The fraction of sp³-hybridized carbons (Fsp3) is 0.750. The first kappa shape index (κ1) is 10.6. The van der Waals surface area contributed by atoms with Crippen molar-refractivity contribution in [2.24, 2.45) is 0 Å². The quantitative estimate of drug-likeness (QED) is 0.640. The molecule has 14 heavy (non-hydrogen) atoms. The minimum absolute atomic E-state index is 0.0966. The van der Waals surface area contributed by atoms with Crippen LogP contribution in [0.3, 0.4) is 0 Å². The van der Waals surface area contributed by atoms with Gasteiger partial charge in [-0.1, -0.05) is 0 Å². The normalized spacial score (nSPS) is 22.1. The van der Waals surface area contributed by atoms with Crippen molar-refractivity contribution in [3.8, 4) is 0 Å². The molecule has 6 nitrogen and oxygen atoms in total. The molecule has 0 aromatic heterocycles. The van der Waals surface area contributed by atoms with Gasteiger partial charge in [0, 0.05) is 0 Å². The molecule has 6 heteroatoms. The number of hydrogen-bond donors (Lipinski definition) is 0. The van der Waals surface area contributed by atoms with Gasteiger partial charge in [0.15, 0.2) is 6.10 Å². The van der Waals surface area contributed by atoms with Crippen LogP contribution in [0.25, 0.3) is 0 Å². The third-order valence-electron chi connectivity index (χ3n) is 1.68. The van der Waals surface area contributed by atoms with E-state index >= 15 is 0 Å². The highest BCUT2D eigenvalue weighted by Gasteiger charge is 2.32. The van der Waals surface area contributed by atoms with Crippen LogP contribution in [0, 0.1) is 0 Å². The molecule has 1 aliphatic heterocycles. The van der Waals surface area contributed by atoms with Gasteiger partial charge in [-0.15, -0.1) is 0 Å². The fourth-order valence-electron chi connectivity index (χ4n) is 0.953. The molecule has 0 aromatic carbocycles. The van der Waals surface area contributed by atoms with Crippen LogP contribution in [-0.2, 0) is 18.9 Å². The number of rotatable bonds is 3. The zero-order valence-corrected chi connectivity index (χ0v) is 8.02. The van der Waals surface area contributed by atoms with Crippen molar-refractivity contribution in [3.05, 3.63) is 0 Å². The van der Waals surface area contributed by atoms with Crippen molar-refractivity contribution in [2.45, 2.75) is 26.1 Å². The molecule has 1 aliphatic rings. The van der Waals surface area contributed by atoms with Gasteiger partial charge in [0.2, 0.25) is 0 Å². The summed E-state index contributed by atoms with van der Waals surface area (Å²) in [4.78, 5) is 21.4. The van der Waals surface area contributed by atoms with Crippen molar-refractivity contribution < 1.29 is 28.5 Å².